The Morgan fingerprint density at radius 2 is 2.25 bits per heavy atom. The van der Waals surface area contributed by atoms with E-state index in [9.17, 15) is 9.59 Å². The predicted molar refractivity (Wildman–Crippen MR) is 46.6 cm³/mol. The van der Waals surface area contributed by atoms with Gasteiger partial charge < -0.3 is 15.8 Å². The lowest BCUT2D eigenvalue weighted by Crippen LogP contribution is -2.44. The molecule has 1 amide bonds. The Hall–Kier alpha value is -0.900. The fourth-order valence-corrected chi connectivity index (χ4v) is 1.03. The summed E-state index contributed by atoms with van der Waals surface area (Å²) in [6.07, 6.45) is 2.22. The maximum atomic E-state index is 10.7. The first-order valence-electron chi connectivity index (χ1n) is 4.03. The normalized spacial score (nSPS) is 15.2. The van der Waals surface area contributed by atoms with E-state index in [-0.39, 0.29) is 12.3 Å². The van der Waals surface area contributed by atoms with Crippen molar-refractivity contribution in [3.8, 4) is 0 Å². The van der Waals surface area contributed by atoms with Crippen molar-refractivity contribution in [2.75, 3.05) is 7.05 Å². The van der Waals surface area contributed by atoms with Crippen LogP contribution in [0.2, 0.25) is 0 Å². The lowest BCUT2D eigenvalue weighted by Gasteiger charge is -2.25. The summed E-state index contributed by atoms with van der Waals surface area (Å²) in [4.78, 5) is 21.2. The highest BCUT2D eigenvalue weighted by atomic mass is 16.1. The minimum atomic E-state index is -0.574. The van der Waals surface area contributed by atoms with Gasteiger partial charge in [-0.2, -0.15) is 0 Å². The molecular formula is C8H16N2O2. The zero-order valence-corrected chi connectivity index (χ0v) is 7.59. The first-order chi connectivity index (χ1) is 5.60. The molecule has 0 aliphatic rings. The largest absolute Gasteiger partial charge is 0.370 e. The van der Waals surface area contributed by atoms with E-state index in [0.29, 0.717) is 12.8 Å². The number of nitrogens with one attached hydrogen (secondary N) is 1. The van der Waals surface area contributed by atoms with Crippen molar-refractivity contribution in [1.29, 1.82) is 0 Å². The molecule has 0 aromatic rings. The molecule has 0 aliphatic carbocycles. The van der Waals surface area contributed by atoms with E-state index in [0.717, 1.165) is 6.29 Å². The van der Waals surface area contributed by atoms with Gasteiger partial charge in [0.2, 0.25) is 5.91 Å². The minimum Gasteiger partial charge on any atom is -0.370 e. The molecule has 0 heterocycles. The molecule has 0 saturated heterocycles. The van der Waals surface area contributed by atoms with Crippen molar-refractivity contribution >= 4 is 12.2 Å². The van der Waals surface area contributed by atoms with E-state index in [1.807, 2.05) is 6.92 Å². The summed E-state index contributed by atoms with van der Waals surface area (Å²) in [5.41, 5.74) is 4.41. The summed E-state index contributed by atoms with van der Waals surface area (Å²) >= 11 is 0. The highest BCUT2D eigenvalue weighted by Crippen LogP contribution is 2.13. The first kappa shape index (κ1) is 11.1. The monoisotopic (exact) mass is 172 g/mol. The third kappa shape index (κ3) is 3.00. The van der Waals surface area contributed by atoms with E-state index in [4.69, 9.17) is 5.73 Å². The summed E-state index contributed by atoms with van der Waals surface area (Å²) in [6, 6.07) is 0. The summed E-state index contributed by atoms with van der Waals surface area (Å²) in [5, 5.41) is 2.89. The maximum Gasteiger partial charge on any atom is 0.217 e. The Morgan fingerprint density at radius 3 is 2.50 bits per heavy atom. The van der Waals surface area contributed by atoms with Crippen LogP contribution in [0.4, 0.5) is 0 Å². The molecule has 0 aromatic carbocycles. The van der Waals surface area contributed by atoms with Crippen LogP contribution in [0, 0.1) is 0 Å². The van der Waals surface area contributed by atoms with Gasteiger partial charge in [-0.1, -0.05) is 6.92 Å². The van der Waals surface area contributed by atoms with Gasteiger partial charge in [-0.25, -0.2) is 0 Å². The molecule has 0 bridgehead atoms. The van der Waals surface area contributed by atoms with Crippen LogP contribution in [-0.2, 0) is 9.59 Å². The number of aldehydes is 1. The quantitative estimate of drug-likeness (QED) is 0.546. The molecule has 3 N–H and O–H groups in total. The second-order valence-electron chi connectivity index (χ2n) is 2.84. The molecule has 4 nitrogen and oxygen atoms in total. The Bertz CT molecular complexity index is 164. The van der Waals surface area contributed by atoms with Crippen LogP contribution in [0.15, 0.2) is 0 Å². The van der Waals surface area contributed by atoms with Gasteiger partial charge in [0, 0.05) is 6.42 Å². The molecule has 4 heteroatoms. The van der Waals surface area contributed by atoms with Gasteiger partial charge in [-0.15, -0.1) is 0 Å². The van der Waals surface area contributed by atoms with Gasteiger partial charge in [0.05, 0.1) is 5.54 Å². The molecule has 0 aromatic heterocycles. The second kappa shape index (κ2) is 4.87. The number of carbonyl (C=O) groups is 2. The minimum absolute atomic E-state index is 0.243. The van der Waals surface area contributed by atoms with Crippen molar-refractivity contribution in [1.82, 2.24) is 5.32 Å². The van der Waals surface area contributed by atoms with Crippen LogP contribution in [0.5, 0.6) is 0 Å². The average Bonchev–Trinajstić information content (AvgIpc) is 2.08. The van der Waals surface area contributed by atoms with Crippen molar-refractivity contribution < 1.29 is 9.59 Å². The third-order valence-electron chi connectivity index (χ3n) is 2.17. The number of rotatable bonds is 6. The Labute approximate surface area is 72.5 Å². The lowest BCUT2D eigenvalue weighted by molar-refractivity contribution is -0.119. The number of nitrogens with two attached hydrogens (primary N) is 1. The molecule has 0 unspecified atom stereocenters. The van der Waals surface area contributed by atoms with E-state index < -0.39 is 5.54 Å². The van der Waals surface area contributed by atoms with Gasteiger partial charge in [0.1, 0.15) is 6.29 Å². The van der Waals surface area contributed by atoms with Crippen LogP contribution in [-0.4, -0.2) is 24.8 Å². The Morgan fingerprint density at radius 1 is 1.67 bits per heavy atom. The number of amides is 1. The van der Waals surface area contributed by atoms with Crippen LogP contribution in [0.1, 0.15) is 26.2 Å². The topological polar surface area (TPSA) is 72.2 Å². The van der Waals surface area contributed by atoms with E-state index in [1.54, 1.807) is 7.05 Å². The third-order valence-corrected chi connectivity index (χ3v) is 2.17. The summed E-state index contributed by atoms with van der Waals surface area (Å²) in [6.45, 7) is 1.89. The fraction of sp³-hybridized carbons (Fsp3) is 0.750. The van der Waals surface area contributed by atoms with Gasteiger partial charge in [-0.3, -0.25) is 4.79 Å². The van der Waals surface area contributed by atoms with E-state index >= 15 is 0 Å². The van der Waals surface area contributed by atoms with Crippen LogP contribution < -0.4 is 11.1 Å². The van der Waals surface area contributed by atoms with Crippen molar-refractivity contribution in [3.63, 3.8) is 0 Å². The first-order valence-corrected chi connectivity index (χ1v) is 4.03. The maximum absolute atomic E-state index is 10.7. The number of hydrogen-bond acceptors (Lipinski definition) is 3. The average molecular weight is 172 g/mol. The molecule has 0 saturated carbocycles. The molecule has 0 radical (unpaired) electrons. The zero-order valence-electron chi connectivity index (χ0n) is 7.59. The Balaban J connectivity index is 4.11. The molecule has 0 aliphatic heterocycles. The van der Waals surface area contributed by atoms with Gasteiger partial charge >= 0.3 is 0 Å². The number of carbonyl (C=O) groups excluding carboxylic acids is 2. The van der Waals surface area contributed by atoms with Crippen LogP contribution in [0.3, 0.4) is 0 Å². The van der Waals surface area contributed by atoms with Crippen molar-refractivity contribution in [2.24, 2.45) is 5.73 Å². The molecular weight excluding hydrogens is 156 g/mol. The Kier molecular flexibility index (Phi) is 4.51. The summed E-state index contributed by atoms with van der Waals surface area (Å²) in [5.74, 6) is -0.370. The van der Waals surface area contributed by atoms with Gasteiger partial charge in [0.15, 0.2) is 0 Å². The number of primary amides is 1. The van der Waals surface area contributed by atoms with Crippen molar-refractivity contribution in [2.45, 2.75) is 31.7 Å². The zero-order chi connectivity index (χ0) is 9.61. The molecule has 1 atom stereocenters. The molecule has 12 heavy (non-hydrogen) atoms. The van der Waals surface area contributed by atoms with Crippen LogP contribution >= 0.6 is 0 Å². The number of hydrogen-bond donors (Lipinski definition) is 2. The number of likely N-dealkylation sites (N-methyl/N-ethyl adjacent to an activating group) is 1. The molecule has 70 valence electrons. The summed E-state index contributed by atoms with van der Waals surface area (Å²) in [7, 11) is 1.71. The molecule has 0 fully saturated rings. The van der Waals surface area contributed by atoms with Crippen molar-refractivity contribution in [3.05, 3.63) is 0 Å². The van der Waals surface area contributed by atoms with Gasteiger partial charge in [0.25, 0.3) is 0 Å². The van der Waals surface area contributed by atoms with Gasteiger partial charge in [-0.05, 0) is 19.9 Å². The standard InChI is InChI=1S/C8H16N2O2/c1-3-8(6-11,10-2)5-4-7(9)12/h6,10H,3-5H2,1-2H3,(H2,9,12)/t8-/m0/s1. The van der Waals surface area contributed by atoms with E-state index in [2.05, 4.69) is 5.32 Å². The predicted octanol–water partition coefficient (Wildman–Crippen LogP) is -0.181. The highest BCUT2D eigenvalue weighted by molar-refractivity contribution is 5.75. The van der Waals surface area contributed by atoms with E-state index in [1.165, 1.54) is 0 Å². The smallest absolute Gasteiger partial charge is 0.217 e. The fourth-order valence-electron chi connectivity index (χ4n) is 1.03. The summed E-state index contributed by atoms with van der Waals surface area (Å²) < 4.78 is 0. The highest BCUT2D eigenvalue weighted by Gasteiger charge is 2.25. The second-order valence-corrected chi connectivity index (χ2v) is 2.84. The molecule has 0 rings (SSSR count). The lowest BCUT2D eigenvalue weighted by atomic mass is 9.92. The molecule has 0 spiro atoms. The van der Waals surface area contributed by atoms with Crippen LogP contribution in [0.25, 0.3) is 0 Å². The SMILES string of the molecule is CC[C@@](C=O)(CCC(N)=O)NC.